The number of nitrogens with zero attached hydrogens (tertiary/aromatic N) is 2. The van der Waals surface area contributed by atoms with E-state index in [0.29, 0.717) is 32.5 Å². The number of halogens is 3. The molecule has 3 heterocycles. The fourth-order valence-electron chi connectivity index (χ4n) is 4.01. The summed E-state index contributed by atoms with van der Waals surface area (Å²) < 4.78 is 68.3. The van der Waals surface area contributed by atoms with Crippen molar-refractivity contribution in [3.05, 3.63) is 47.7 Å². The average molecular weight is 470 g/mol. The fourth-order valence-corrected chi connectivity index (χ4v) is 4.57. The van der Waals surface area contributed by atoms with Crippen LogP contribution < -0.4 is 15.4 Å². The number of primary sulfonamides is 1. The number of pyridine rings is 1. The van der Waals surface area contributed by atoms with Crippen molar-refractivity contribution >= 4 is 27.4 Å². The number of hydrogen-bond donors (Lipinski definition) is 2. The molecule has 32 heavy (non-hydrogen) atoms. The summed E-state index contributed by atoms with van der Waals surface area (Å²) in [5.74, 6) is -0.687. The van der Waals surface area contributed by atoms with E-state index in [2.05, 4.69) is 10.3 Å². The van der Waals surface area contributed by atoms with Crippen molar-refractivity contribution in [3.63, 3.8) is 0 Å². The van der Waals surface area contributed by atoms with Gasteiger partial charge in [0.1, 0.15) is 5.82 Å². The second kappa shape index (κ2) is 8.01. The molecule has 1 aromatic heterocycles. The van der Waals surface area contributed by atoms with Crippen LogP contribution in [0.1, 0.15) is 28.8 Å². The van der Waals surface area contributed by atoms with E-state index in [1.165, 1.54) is 18.2 Å². The number of sulfonamides is 1. The van der Waals surface area contributed by atoms with Crippen LogP contribution in [0.3, 0.4) is 0 Å². The Kier molecular flexibility index (Phi) is 5.63. The number of carbonyl (C=O) groups is 1. The quantitative estimate of drug-likeness (QED) is 0.710. The number of hydrogen-bond acceptors (Lipinski definition) is 6. The van der Waals surface area contributed by atoms with Gasteiger partial charge in [-0.3, -0.25) is 4.79 Å². The summed E-state index contributed by atoms with van der Waals surface area (Å²) in [7, 11) is -4.02. The van der Waals surface area contributed by atoms with Gasteiger partial charge in [0.15, 0.2) is 0 Å². The molecular weight excluding hydrogens is 449 g/mol. The number of nitrogens with one attached hydrogen (secondary N) is 1. The summed E-state index contributed by atoms with van der Waals surface area (Å²) in [6.45, 7) is 2.38. The summed E-state index contributed by atoms with van der Waals surface area (Å²) >= 11 is 0. The highest BCUT2D eigenvalue weighted by Gasteiger charge is 2.45. The molecule has 2 aromatic rings. The van der Waals surface area contributed by atoms with E-state index in [-0.39, 0.29) is 27.4 Å². The van der Waals surface area contributed by atoms with E-state index in [9.17, 15) is 26.4 Å². The number of alkyl halides is 3. The third-order valence-corrected chi connectivity index (χ3v) is 6.68. The lowest BCUT2D eigenvalue weighted by molar-refractivity contribution is -0.137. The number of nitrogens with two attached hydrogens (primary N) is 1. The predicted molar refractivity (Wildman–Crippen MR) is 110 cm³/mol. The first kappa shape index (κ1) is 22.5. The monoisotopic (exact) mass is 470 g/mol. The molecule has 0 atom stereocenters. The molecule has 2 aliphatic rings. The third kappa shape index (κ3) is 4.57. The maximum absolute atomic E-state index is 13.3. The topological polar surface area (TPSA) is 115 Å². The Morgan fingerprint density at radius 1 is 1.19 bits per heavy atom. The second-order valence-electron chi connectivity index (χ2n) is 8.09. The summed E-state index contributed by atoms with van der Waals surface area (Å²) in [5.41, 5.74) is -1.21. The first-order valence-corrected chi connectivity index (χ1v) is 11.4. The second-order valence-corrected chi connectivity index (χ2v) is 9.65. The number of aromatic nitrogens is 1. The molecule has 12 heteroatoms. The largest absolute Gasteiger partial charge is 0.417 e. The number of carbonyl (C=O) groups excluding carboxylic acids is 1. The SMILES string of the molecule is NS(=O)(=O)c1cccc(NC(=O)c2cc(C(F)(F)F)cnc2N2CC3(CCOCC3)C2)c1. The molecule has 4 rings (SSSR count). The van der Waals surface area contributed by atoms with Crippen LogP contribution in [0.25, 0.3) is 0 Å². The molecule has 1 aromatic carbocycles. The van der Waals surface area contributed by atoms with Crippen LogP contribution in [-0.2, 0) is 20.9 Å². The van der Waals surface area contributed by atoms with E-state index >= 15 is 0 Å². The van der Waals surface area contributed by atoms with Gasteiger partial charge in [-0.25, -0.2) is 18.5 Å². The summed E-state index contributed by atoms with van der Waals surface area (Å²) in [5, 5.41) is 7.55. The van der Waals surface area contributed by atoms with Gasteiger partial charge in [-0.15, -0.1) is 0 Å². The van der Waals surface area contributed by atoms with Gasteiger partial charge in [0, 0.05) is 43.6 Å². The Morgan fingerprint density at radius 3 is 2.50 bits per heavy atom. The average Bonchev–Trinajstić information content (AvgIpc) is 2.71. The molecular formula is C20H21F3N4O4S. The zero-order valence-electron chi connectivity index (χ0n) is 16.9. The minimum absolute atomic E-state index is 0.0141. The van der Waals surface area contributed by atoms with E-state index in [1.54, 1.807) is 4.90 Å². The summed E-state index contributed by atoms with van der Waals surface area (Å²) in [4.78, 5) is 18.4. The Bertz CT molecular complexity index is 1140. The highest BCUT2D eigenvalue weighted by atomic mass is 32.2. The lowest BCUT2D eigenvalue weighted by atomic mass is 9.73. The van der Waals surface area contributed by atoms with Gasteiger partial charge in [-0.2, -0.15) is 13.2 Å². The van der Waals surface area contributed by atoms with E-state index in [4.69, 9.17) is 9.88 Å². The van der Waals surface area contributed by atoms with Gasteiger partial charge in [0.05, 0.1) is 16.0 Å². The fraction of sp³-hybridized carbons (Fsp3) is 0.400. The molecule has 2 aliphatic heterocycles. The Hall–Kier alpha value is -2.70. The molecule has 0 saturated carbocycles. The zero-order chi connectivity index (χ0) is 23.1. The maximum atomic E-state index is 13.3. The van der Waals surface area contributed by atoms with Crippen LogP contribution in [0, 0.1) is 5.41 Å². The van der Waals surface area contributed by atoms with Gasteiger partial charge >= 0.3 is 6.18 Å². The zero-order valence-corrected chi connectivity index (χ0v) is 17.7. The Balaban J connectivity index is 1.63. The lowest BCUT2D eigenvalue weighted by Crippen LogP contribution is -2.59. The van der Waals surface area contributed by atoms with Crippen molar-refractivity contribution in [1.82, 2.24) is 4.98 Å². The highest BCUT2D eigenvalue weighted by Crippen LogP contribution is 2.43. The van der Waals surface area contributed by atoms with Gasteiger partial charge in [0.25, 0.3) is 5.91 Å². The van der Waals surface area contributed by atoms with Crippen LogP contribution in [-0.4, -0.2) is 45.6 Å². The molecule has 0 radical (unpaired) electrons. The van der Waals surface area contributed by atoms with Crippen molar-refractivity contribution in [1.29, 1.82) is 0 Å². The Morgan fingerprint density at radius 2 is 1.88 bits per heavy atom. The Labute approximate surface area is 182 Å². The maximum Gasteiger partial charge on any atom is 0.417 e. The first-order valence-electron chi connectivity index (χ1n) is 9.81. The molecule has 0 aliphatic carbocycles. The van der Waals surface area contributed by atoms with Crippen molar-refractivity contribution < 1.29 is 31.1 Å². The number of rotatable bonds is 4. The highest BCUT2D eigenvalue weighted by molar-refractivity contribution is 7.89. The van der Waals surface area contributed by atoms with Crippen LogP contribution in [0.15, 0.2) is 41.4 Å². The van der Waals surface area contributed by atoms with Crippen LogP contribution >= 0.6 is 0 Å². The molecule has 2 saturated heterocycles. The molecule has 2 fully saturated rings. The predicted octanol–water partition coefficient (Wildman–Crippen LogP) is 2.62. The third-order valence-electron chi connectivity index (χ3n) is 5.76. The normalized spacial score (nSPS) is 18.3. The number of anilines is 2. The van der Waals surface area contributed by atoms with Gasteiger partial charge in [-0.05, 0) is 37.1 Å². The van der Waals surface area contributed by atoms with E-state index in [1.807, 2.05) is 0 Å². The summed E-state index contributed by atoms with van der Waals surface area (Å²) in [6.07, 6.45) is -2.29. The van der Waals surface area contributed by atoms with Crippen LogP contribution in [0.5, 0.6) is 0 Å². The van der Waals surface area contributed by atoms with Crippen molar-refractivity contribution in [3.8, 4) is 0 Å². The molecule has 3 N–H and O–H groups in total. The van der Waals surface area contributed by atoms with Gasteiger partial charge < -0.3 is 15.0 Å². The minimum atomic E-state index is -4.68. The number of amides is 1. The van der Waals surface area contributed by atoms with Crippen LogP contribution in [0.2, 0.25) is 0 Å². The van der Waals surface area contributed by atoms with Crippen molar-refractivity contribution in [2.45, 2.75) is 23.9 Å². The molecule has 1 amide bonds. The minimum Gasteiger partial charge on any atom is -0.381 e. The van der Waals surface area contributed by atoms with Crippen LogP contribution in [0.4, 0.5) is 24.7 Å². The van der Waals surface area contributed by atoms with E-state index < -0.39 is 27.7 Å². The summed E-state index contributed by atoms with van der Waals surface area (Å²) in [6, 6.07) is 5.92. The smallest absolute Gasteiger partial charge is 0.381 e. The van der Waals surface area contributed by atoms with Crippen molar-refractivity contribution in [2.24, 2.45) is 10.6 Å². The first-order chi connectivity index (χ1) is 15.0. The molecule has 1 spiro atoms. The molecule has 0 bridgehead atoms. The molecule has 8 nitrogen and oxygen atoms in total. The molecule has 0 unspecified atom stereocenters. The number of benzene rings is 1. The number of ether oxygens (including phenoxy) is 1. The van der Waals surface area contributed by atoms with Gasteiger partial charge in [0.2, 0.25) is 10.0 Å². The van der Waals surface area contributed by atoms with Gasteiger partial charge in [-0.1, -0.05) is 6.07 Å². The standard InChI is InChI=1S/C20H21F3N4O4S/c21-20(22,23)13-8-16(18(28)26-14-2-1-3-15(9-14)32(24,29)30)17(25-10-13)27-11-19(12-27)4-6-31-7-5-19/h1-3,8-10H,4-7,11-12H2,(H,26,28)(H2,24,29,30). The lowest BCUT2D eigenvalue weighted by Gasteiger charge is -2.53. The molecule has 172 valence electrons. The van der Waals surface area contributed by atoms with E-state index in [0.717, 1.165) is 25.0 Å². The van der Waals surface area contributed by atoms with Crippen molar-refractivity contribution in [2.75, 3.05) is 36.5 Å².